The number of rotatable bonds is 18. The number of carbonyl (C=O) groups excluding carboxylic acids is 4. The minimum Gasteiger partial charge on any atom is -0.495 e. The summed E-state index contributed by atoms with van der Waals surface area (Å²) < 4.78 is 22.9. The van der Waals surface area contributed by atoms with Crippen LogP contribution in [-0.4, -0.2) is 106 Å². The normalized spacial score (nSPS) is 13.3. The molecule has 0 bridgehead atoms. The molecule has 0 aromatic heterocycles. The monoisotopic (exact) mass is 774 g/mol. The second-order valence-electron chi connectivity index (χ2n) is 14.8. The minimum atomic E-state index is -0.586. The van der Waals surface area contributed by atoms with Gasteiger partial charge in [-0.1, -0.05) is 18.2 Å². The van der Waals surface area contributed by atoms with Gasteiger partial charge in [0.15, 0.2) is 0 Å². The maximum Gasteiger partial charge on any atom is 0.407 e. The van der Waals surface area contributed by atoms with Crippen LogP contribution in [0.5, 0.6) is 17.2 Å². The number of carbonyl (C=O) groups is 4. The Kier molecular flexibility index (Phi) is 16.3. The number of amides is 4. The number of hydrazine groups is 1. The van der Waals surface area contributed by atoms with Crippen molar-refractivity contribution >= 4 is 35.2 Å². The van der Waals surface area contributed by atoms with Crippen LogP contribution < -0.4 is 35.2 Å². The summed E-state index contributed by atoms with van der Waals surface area (Å²) in [4.78, 5) is 55.2. The van der Waals surface area contributed by atoms with Gasteiger partial charge in [-0.2, -0.15) is 0 Å². The molecule has 1 aliphatic heterocycles. The van der Waals surface area contributed by atoms with Gasteiger partial charge >= 0.3 is 6.09 Å². The van der Waals surface area contributed by atoms with E-state index >= 15 is 0 Å². The van der Waals surface area contributed by atoms with Crippen LogP contribution >= 0.6 is 0 Å². The lowest BCUT2D eigenvalue weighted by Gasteiger charge is -2.32. The van der Waals surface area contributed by atoms with Crippen LogP contribution in [-0.2, 0) is 9.53 Å². The maximum absolute atomic E-state index is 13.8. The highest BCUT2D eigenvalue weighted by Gasteiger charge is 2.22. The first-order valence-electron chi connectivity index (χ1n) is 19.2. The zero-order valence-electron chi connectivity index (χ0n) is 33.9. The van der Waals surface area contributed by atoms with Crippen molar-refractivity contribution in [3.05, 3.63) is 77.4 Å². The molecule has 3 N–H and O–H groups in total. The van der Waals surface area contributed by atoms with E-state index < -0.39 is 17.6 Å². The molecule has 0 atom stereocenters. The molecule has 3 aromatic rings. The van der Waals surface area contributed by atoms with E-state index in [0.717, 1.165) is 51.0 Å². The molecule has 4 amide bonds. The summed E-state index contributed by atoms with van der Waals surface area (Å²) in [5.41, 5.74) is 5.07. The van der Waals surface area contributed by atoms with Crippen LogP contribution in [0, 0.1) is 6.92 Å². The molecule has 1 fully saturated rings. The molecule has 0 radical (unpaired) electrons. The SMILES string of the molecule is COc1cc(C(=O)N(C)c2ccc(C)cc2OCCCCCC(=O)NN2CCN(C)CC2)ccc1NC(=O)c1ccccc1OCCCNC(=O)OC(C)(C)C. The lowest BCUT2D eigenvalue weighted by atomic mass is 10.1. The van der Waals surface area contributed by atoms with Crippen LogP contribution in [0.4, 0.5) is 16.2 Å². The maximum atomic E-state index is 13.8. The van der Waals surface area contributed by atoms with E-state index in [1.807, 2.05) is 30.1 Å². The highest BCUT2D eigenvalue weighted by atomic mass is 16.6. The zero-order valence-corrected chi connectivity index (χ0v) is 33.9. The molecular weight excluding hydrogens is 716 g/mol. The molecule has 14 heteroatoms. The number of para-hydroxylation sites is 1. The van der Waals surface area contributed by atoms with Gasteiger partial charge < -0.3 is 39.4 Å². The van der Waals surface area contributed by atoms with Crippen LogP contribution in [0.25, 0.3) is 0 Å². The van der Waals surface area contributed by atoms with Gasteiger partial charge in [0.1, 0.15) is 22.8 Å². The van der Waals surface area contributed by atoms with Crippen molar-refractivity contribution in [3.8, 4) is 17.2 Å². The largest absolute Gasteiger partial charge is 0.495 e. The number of hydrogen-bond donors (Lipinski definition) is 3. The topological polar surface area (TPSA) is 151 Å². The minimum absolute atomic E-state index is 0.0400. The number of hydrogen-bond acceptors (Lipinski definition) is 10. The van der Waals surface area contributed by atoms with Gasteiger partial charge in [0, 0.05) is 51.8 Å². The third kappa shape index (κ3) is 13.7. The Bertz CT molecular complexity index is 1790. The highest BCUT2D eigenvalue weighted by molar-refractivity contribution is 6.09. The Morgan fingerprint density at radius 3 is 2.27 bits per heavy atom. The number of ether oxygens (including phenoxy) is 4. The van der Waals surface area contributed by atoms with Crippen molar-refractivity contribution in [3.63, 3.8) is 0 Å². The van der Waals surface area contributed by atoms with Crippen LogP contribution in [0.2, 0.25) is 0 Å². The van der Waals surface area contributed by atoms with E-state index in [1.54, 1.807) is 70.3 Å². The molecule has 304 valence electrons. The number of unbranched alkanes of at least 4 members (excludes halogenated alkanes) is 2. The molecule has 1 heterocycles. The van der Waals surface area contributed by atoms with E-state index in [-0.39, 0.29) is 18.4 Å². The molecule has 4 rings (SSSR count). The molecular formula is C42H58N6O8. The van der Waals surface area contributed by atoms with E-state index in [9.17, 15) is 19.2 Å². The van der Waals surface area contributed by atoms with Crippen molar-refractivity contribution in [2.75, 3.05) is 77.4 Å². The fraction of sp³-hybridized carbons (Fsp3) is 0.476. The summed E-state index contributed by atoms with van der Waals surface area (Å²) in [5.74, 6) is 0.609. The second-order valence-corrected chi connectivity index (χ2v) is 14.8. The summed E-state index contributed by atoms with van der Waals surface area (Å²) >= 11 is 0. The summed E-state index contributed by atoms with van der Waals surface area (Å²) in [5, 5.41) is 7.55. The molecule has 56 heavy (non-hydrogen) atoms. The van der Waals surface area contributed by atoms with Crippen LogP contribution in [0.1, 0.15) is 79.2 Å². The summed E-state index contributed by atoms with van der Waals surface area (Å²) in [7, 11) is 5.24. The van der Waals surface area contributed by atoms with E-state index in [0.29, 0.717) is 65.7 Å². The Hall–Kier alpha value is -5.34. The van der Waals surface area contributed by atoms with Crippen molar-refractivity contribution in [2.24, 2.45) is 0 Å². The molecule has 1 saturated heterocycles. The van der Waals surface area contributed by atoms with E-state index in [4.69, 9.17) is 18.9 Å². The molecule has 1 aliphatic rings. The number of nitrogens with zero attached hydrogens (tertiary/aromatic N) is 3. The van der Waals surface area contributed by atoms with Gasteiger partial charge in [-0.3, -0.25) is 19.8 Å². The zero-order chi connectivity index (χ0) is 40.7. The lowest BCUT2D eigenvalue weighted by molar-refractivity contribution is -0.126. The number of nitrogens with one attached hydrogen (secondary N) is 3. The number of benzene rings is 3. The number of aryl methyl sites for hydroxylation is 1. The first-order chi connectivity index (χ1) is 26.7. The molecule has 3 aromatic carbocycles. The van der Waals surface area contributed by atoms with Gasteiger partial charge in [0.05, 0.1) is 37.3 Å². The number of piperazine rings is 1. The van der Waals surface area contributed by atoms with Gasteiger partial charge in [0.2, 0.25) is 5.91 Å². The first-order valence-corrected chi connectivity index (χ1v) is 19.2. The quantitative estimate of drug-likeness (QED) is 0.131. The molecule has 0 aliphatic carbocycles. The van der Waals surface area contributed by atoms with Crippen molar-refractivity contribution in [1.29, 1.82) is 0 Å². The van der Waals surface area contributed by atoms with Crippen LogP contribution in [0.15, 0.2) is 60.7 Å². The predicted molar refractivity (Wildman–Crippen MR) is 217 cm³/mol. The number of likely N-dealkylation sites (N-methyl/N-ethyl adjacent to an activating group) is 1. The van der Waals surface area contributed by atoms with E-state index in [1.165, 1.54) is 12.0 Å². The predicted octanol–water partition coefficient (Wildman–Crippen LogP) is 6.04. The fourth-order valence-corrected chi connectivity index (χ4v) is 5.87. The molecule has 0 unspecified atom stereocenters. The van der Waals surface area contributed by atoms with Crippen molar-refractivity contribution in [2.45, 2.75) is 65.4 Å². The smallest absolute Gasteiger partial charge is 0.407 e. The molecule has 14 nitrogen and oxygen atoms in total. The number of alkyl carbamates (subject to hydrolysis) is 1. The van der Waals surface area contributed by atoms with Crippen LogP contribution in [0.3, 0.4) is 0 Å². The number of anilines is 2. The van der Waals surface area contributed by atoms with Gasteiger partial charge in [-0.05, 0) is 108 Å². The van der Waals surface area contributed by atoms with Gasteiger partial charge in [-0.15, -0.1) is 0 Å². The Morgan fingerprint density at radius 2 is 1.54 bits per heavy atom. The average Bonchev–Trinajstić information content (AvgIpc) is 3.16. The second kappa shape index (κ2) is 21.1. The first kappa shape index (κ1) is 43.4. The highest BCUT2D eigenvalue weighted by Crippen LogP contribution is 2.32. The molecule has 0 spiro atoms. The van der Waals surface area contributed by atoms with Gasteiger partial charge in [0.25, 0.3) is 11.8 Å². The average molecular weight is 775 g/mol. The Balaban J connectivity index is 1.29. The molecule has 0 saturated carbocycles. The summed E-state index contributed by atoms with van der Waals surface area (Å²) in [6.45, 7) is 11.9. The van der Waals surface area contributed by atoms with Crippen molar-refractivity contribution < 1.29 is 38.1 Å². The third-order valence-corrected chi connectivity index (χ3v) is 8.95. The lowest BCUT2D eigenvalue weighted by Crippen LogP contribution is -2.52. The summed E-state index contributed by atoms with van der Waals surface area (Å²) in [6.07, 6.45) is 2.83. The van der Waals surface area contributed by atoms with Gasteiger partial charge in [-0.25, -0.2) is 9.80 Å². The fourth-order valence-electron chi connectivity index (χ4n) is 5.87. The Morgan fingerprint density at radius 1 is 0.821 bits per heavy atom. The third-order valence-electron chi connectivity index (χ3n) is 8.95. The summed E-state index contributed by atoms with van der Waals surface area (Å²) in [6, 6.07) is 17.4. The van der Waals surface area contributed by atoms with E-state index in [2.05, 4.69) is 28.0 Å². The standard InChI is InChI=1S/C42H58N6O8/c1-30-17-20-34(37(28-30)55-26-12-8-9-16-38(49)45-48-24-22-46(5)23-25-48)47(6)40(51)31-18-19-33(36(29-31)53-7)44-39(50)32-14-10-11-15-35(32)54-27-13-21-43-41(52)56-42(2,3)4/h10-11,14-15,17-20,28-29H,8-9,12-13,16,21-27H2,1-7H3,(H,43,52)(H,44,50)(H,45,49). The van der Waals surface area contributed by atoms with Crippen molar-refractivity contribution in [1.82, 2.24) is 20.7 Å². The Labute approximate surface area is 330 Å². The number of methoxy groups -OCH3 is 1.